The molecule has 0 fully saturated rings. The van der Waals surface area contributed by atoms with Crippen molar-refractivity contribution in [2.75, 3.05) is 7.11 Å². The third kappa shape index (κ3) is 4.66. The molecule has 0 saturated carbocycles. The highest BCUT2D eigenvalue weighted by atomic mass is 16.5. The van der Waals surface area contributed by atoms with Crippen LogP contribution in [0.1, 0.15) is 48.6 Å². The molecule has 0 saturated heterocycles. The predicted octanol–water partition coefficient (Wildman–Crippen LogP) is 4.24. The number of hydrogen-bond acceptors (Lipinski definition) is 3. The van der Waals surface area contributed by atoms with E-state index >= 15 is 0 Å². The van der Waals surface area contributed by atoms with Crippen LogP contribution in [0.25, 0.3) is 0 Å². The molecule has 2 N–H and O–H groups in total. The first-order valence-electron chi connectivity index (χ1n) is 9.70. The Balaban J connectivity index is 1.63. The van der Waals surface area contributed by atoms with E-state index in [1.165, 1.54) is 15.7 Å². The molecule has 0 aliphatic carbocycles. The molecule has 5 nitrogen and oxygen atoms in total. The number of aryl methyl sites for hydroxylation is 2. The maximum atomic E-state index is 12.3. The second-order valence-corrected chi connectivity index (χ2v) is 7.42. The molecule has 148 valence electrons. The van der Waals surface area contributed by atoms with E-state index in [4.69, 9.17) is 4.74 Å². The van der Waals surface area contributed by atoms with Crippen LogP contribution in [0.2, 0.25) is 0 Å². The van der Waals surface area contributed by atoms with Gasteiger partial charge in [0.15, 0.2) is 0 Å². The maximum absolute atomic E-state index is 12.3. The number of nitrogens with zero attached hydrogens (tertiary/aromatic N) is 1. The van der Waals surface area contributed by atoms with E-state index in [0.29, 0.717) is 24.6 Å². The summed E-state index contributed by atoms with van der Waals surface area (Å²) < 4.78 is 6.56. The molecule has 28 heavy (non-hydrogen) atoms. The quantitative estimate of drug-likeness (QED) is 0.614. The number of aromatic amines is 1. The van der Waals surface area contributed by atoms with Crippen LogP contribution in [0, 0.1) is 0 Å². The monoisotopic (exact) mass is 380 g/mol. The lowest BCUT2D eigenvalue weighted by molar-refractivity contribution is 0.414. The first-order chi connectivity index (χ1) is 13.5. The first-order valence-corrected chi connectivity index (χ1v) is 9.70. The molecule has 0 spiro atoms. The molecule has 1 aromatic heterocycles. The Morgan fingerprint density at radius 3 is 2.25 bits per heavy atom. The molecule has 0 amide bonds. The maximum Gasteiger partial charge on any atom is 0.328 e. The van der Waals surface area contributed by atoms with Crippen molar-refractivity contribution in [2.24, 2.45) is 0 Å². The summed E-state index contributed by atoms with van der Waals surface area (Å²) in [5, 5.41) is 10.5. The van der Waals surface area contributed by atoms with Crippen LogP contribution in [0.4, 0.5) is 0 Å². The summed E-state index contributed by atoms with van der Waals surface area (Å²) in [5.41, 5.74) is 3.77. The lowest BCUT2D eigenvalue weighted by Gasteiger charge is -2.08. The fourth-order valence-corrected chi connectivity index (χ4v) is 3.28. The number of hydrogen-bond donors (Lipinski definition) is 2. The van der Waals surface area contributed by atoms with E-state index in [1.54, 1.807) is 7.11 Å². The molecule has 3 rings (SSSR count). The average molecular weight is 380 g/mol. The van der Waals surface area contributed by atoms with Crippen LogP contribution in [-0.2, 0) is 19.4 Å². The van der Waals surface area contributed by atoms with Gasteiger partial charge in [-0.05, 0) is 54.0 Å². The van der Waals surface area contributed by atoms with Crippen LogP contribution >= 0.6 is 0 Å². The minimum absolute atomic E-state index is 0.0349. The number of nitrogens with one attached hydrogen (secondary N) is 1. The molecule has 0 atom stereocenters. The molecule has 3 aromatic rings. The molecule has 0 aliphatic heterocycles. The zero-order valence-electron chi connectivity index (χ0n) is 16.7. The summed E-state index contributed by atoms with van der Waals surface area (Å²) in [6.07, 6.45) is 2.32. The normalized spacial score (nSPS) is 11.1. The van der Waals surface area contributed by atoms with Gasteiger partial charge in [0.2, 0.25) is 5.88 Å². The van der Waals surface area contributed by atoms with Crippen LogP contribution in [0.5, 0.6) is 11.6 Å². The van der Waals surface area contributed by atoms with Gasteiger partial charge < -0.3 is 14.8 Å². The second-order valence-electron chi connectivity index (χ2n) is 7.42. The number of imidazole rings is 1. The number of aromatic nitrogens is 2. The molecule has 0 radical (unpaired) electrons. The van der Waals surface area contributed by atoms with E-state index < -0.39 is 0 Å². The molecule has 5 heteroatoms. The van der Waals surface area contributed by atoms with Gasteiger partial charge in [0.25, 0.3) is 0 Å². The zero-order valence-corrected chi connectivity index (χ0v) is 16.7. The minimum atomic E-state index is -0.273. The number of aromatic hydroxyl groups is 1. The Bertz CT molecular complexity index is 951. The van der Waals surface area contributed by atoms with Crippen molar-refractivity contribution in [3.05, 3.63) is 81.4 Å². The summed E-state index contributed by atoms with van der Waals surface area (Å²) in [6.45, 7) is 4.66. The highest BCUT2D eigenvalue weighted by Crippen LogP contribution is 2.20. The number of benzene rings is 2. The molecule has 0 aliphatic rings. The Morgan fingerprint density at radius 1 is 1.00 bits per heavy atom. The smallest absolute Gasteiger partial charge is 0.328 e. The van der Waals surface area contributed by atoms with Gasteiger partial charge in [0, 0.05) is 0 Å². The first kappa shape index (κ1) is 19.8. The van der Waals surface area contributed by atoms with Gasteiger partial charge in [-0.25, -0.2) is 4.79 Å². The highest BCUT2D eigenvalue weighted by Gasteiger charge is 2.13. The van der Waals surface area contributed by atoms with Gasteiger partial charge >= 0.3 is 5.69 Å². The van der Waals surface area contributed by atoms with Gasteiger partial charge in [0.1, 0.15) is 5.75 Å². The summed E-state index contributed by atoms with van der Waals surface area (Å²) >= 11 is 0. The Hall–Kier alpha value is -2.95. The second kappa shape index (κ2) is 8.83. The van der Waals surface area contributed by atoms with Crippen LogP contribution in [0.3, 0.4) is 0 Å². The van der Waals surface area contributed by atoms with Crippen molar-refractivity contribution >= 4 is 0 Å². The number of methoxy groups -OCH3 is 1. The van der Waals surface area contributed by atoms with Crippen molar-refractivity contribution in [1.29, 1.82) is 0 Å². The molecule has 2 aromatic carbocycles. The van der Waals surface area contributed by atoms with Crippen molar-refractivity contribution in [3.63, 3.8) is 0 Å². The zero-order chi connectivity index (χ0) is 20.1. The van der Waals surface area contributed by atoms with E-state index in [0.717, 1.165) is 24.2 Å². The summed E-state index contributed by atoms with van der Waals surface area (Å²) in [6, 6.07) is 16.1. The van der Waals surface area contributed by atoms with Gasteiger partial charge in [-0.2, -0.15) is 0 Å². The van der Waals surface area contributed by atoms with Gasteiger partial charge in [0.05, 0.1) is 19.3 Å². The van der Waals surface area contributed by atoms with Crippen LogP contribution < -0.4 is 10.4 Å². The van der Waals surface area contributed by atoms with Gasteiger partial charge in [-0.1, -0.05) is 50.2 Å². The Morgan fingerprint density at radius 2 is 1.64 bits per heavy atom. The van der Waals surface area contributed by atoms with Crippen LogP contribution in [0.15, 0.2) is 53.3 Å². The van der Waals surface area contributed by atoms with E-state index in [1.807, 2.05) is 36.4 Å². The van der Waals surface area contributed by atoms with Crippen molar-refractivity contribution in [3.8, 4) is 11.6 Å². The number of ether oxygens (including phenoxy) is 1. The summed E-state index contributed by atoms with van der Waals surface area (Å²) in [5.74, 6) is 1.34. The van der Waals surface area contributed by atoms with Crippen molar-refractivity contribution in [2.45, 2.75) is 45.6 Å². The largest absolute Gasteiger partial charge is 0.497 e. The van der Waals surface area contributed by atoms with Gasteiger partial charge in [-0.15, -0.1) is 0 Å². The molecule has 0 unspecified atom stereocenters. The van der Waals surface area contributed by atoms with E-state index in [9.17, 15) is 9.90 Å². The summed E-state index contributed by atoms with van der Waals surface area (Å²) in [7, 11) is 1.65. The lowest BCUT2D eigenvalue weighted by atomic mass is 10.0. The Labute approximate surface area is 165 Å². The van der Waals surface area contributed by atoms with Crippen molar-refractivity contribution < 1.29 is 9.84 Å². The minimum Gasteiger partial charge on any atom is -0.497 e. The average Bonchev–Trinajstić information content (AvgIpc) is 2.96. The SMILES string of the molecule is COc1ccc(CCCc2[nH]c(=O)n(Cc3ccc(C(C)C)cc3)c2O)cc1. The standard InChI is InChI=1S/C23H28N2O3/c1-16(2)19-11-7-18(8-12-19)15-25-22(26)21(24-23(25)27)6-4-5-17-9-13-20(28-3)14-10-17/h7-14,16,26H,4-6,15H2,1-3H3,(H,24,27). The topological polar surface area (TPSA) is 67.2 Å². The Kier molecular flexibility index (Phi) is 6.24. The fraction of sp³-hybridized carbons (Fsp3) is 0.348. The molecule has 1 heterocycles. The highest BCUT2D eigenvalue weighted by molar-refractivity contribution is 5.28. The predicted molar refractivity (Wildman–Crippen MR) is 111 cm³/mol. The summed E-state index contributed by atoms with van der Waals surface area (Å²) in [4.78, 5) is 15.1. The number of rotatable bonds is 8. The molecule has 0 bridgehead atoms. The van der Waals surface area contributed by atoms with Crippen LogP contribution in [-0.4, -0.2) is 21.8 Å². The number of H-pyrrole nitrogens is 1. The lowest BCUT2D eigenvalue weighted by Crippen LogP contribution is -2.17. The molecular formula is C23H28N2O3. The van der Waals surface area contributed by atoms with E-state index in [2.05, 4.69) is 31.0 Å². The third-order valence-corrected chi connectivity index (χ3v) is 5.07. The van der Waals surface area contributed by atoms with Gasteiger partial charge in [-0.3, -0.25) is 4.57 Å². The van der Waals surface area contributed by atoms with E-state index in [-0.39, 0.29) is 11.6 Å². The van der Waals surface area contributed by atoms with Crippen molar-refractivity contribution in [1.82, 2.24) is 9.55 Å². The fourth-order valence-electron chi connectivity index (χ4n) is 3.28. The molecular weight excluding hydrogens is 352 g/mol. The third-order valence-electron chi connectivity index (χ3n) is 5.07.